The zero-order valence-corrected chi connectivity index (χ0v) is 11.9. The number of aliphatic carboxylic acids is 1. The lowest BCUT2D eigenvalue weighted by molar-refractivity contribution is -0.144. The standard InChI is InChI=1S/C12H21N3O5/c1-12(2)10(19)14(3)5-6-15(12)11(20)13-8(4-7-16)9(17)18/h8,16H,4-7H2,1-3H3,(H,13,20)(H,17,18)/t8-/m1/s1. The third-order valence-corrected chi connectivity index (χ3v) is 3.46. The van der Waals surface area contributed by atoms with Crippen LogP contribution in [0.3, 0.4) is 0 Å². The second-order valence-electron chi connectivity index (χ2n) is 5.29. The lowest BCUT2D eigenvalue weighted by atomic mass is 9.98. The fourth-order valence-electron chi connectivity index (χ4n) is 2.18. The Labute approximate surface area is 117 Å². The number of piperazine rings is 1. The van der Waals surface area contributed by atoms with Crippen LogP contribution in [-0.4, -0.2) is 76.2 Å². The molecule has 1 heterocycles. The molecule has 114 valence electrons. The Hall–Kier alpha value is -1.83. The molecule has 1 rings (SSSR count). The summed E-state index contributed by atoms with van der Waals surface area (Å²) >= 11 is 0. The molecule has 3 amide bonds. The number of hydrogen-bond donors (Lipinski definition) is 3. The van der Waals surface area contributed by atoms with Gasteiger partial charge in [0.1, 0.15) is 11.6 Å². The Morgan fingerprint density at radius 1 is 1.40 bits per heavy atom. The summed E-state index contributed by atoms with van der Waals surface area (Å²) in [7, 11) is 1.66. The molecule has 0 aromatic carbocycles. The molecular formula is C12H21N3O5. The number of nitrogens with zero attached hydrogens (tertiary/aromatic N) is 2. The van der Waals surface area contributed by atoms with E-state index < -0.39 is 23.6 Å². The summed E-state index contributed by atoms with van der Waals surface area (Å²) in [6.07, 6.45) is -0.0802. The Morgan fingerprint density at radius 3 is 2.50 bits per heavy atom. The van der Waals surface area contributed by atoms with E-state index >= 15 is 0 Å². The summed E-state index contributed by atoms with van der Waals surface area (Å²) in [6.45, 7) is 3.61. The average molecular weight is 287 g/mol. The zero-order valence-electron chi connectivity index (χ0n) is 11.9. The molecule has 0 spiro atoms. The minimum atomic E-state index is -1.22. The first-order valence-electron chi connectivity index (χ1n) is 6.39. The highest BCUT2D eigenvalue weighted by atomic mass is 16.4. The van der Waals surface area contributed by atoms with E-state index in [2.05, 4.69) is 5.32 Å². The summed E-state index contributed by atoms with van der Waals surface area (Å²) in [5, 5.41) is 20.1. The van der Waals surface area contributed by atoms with Crippen LogP contribution in [0.25, 0.3) is 0 Å². The normalized spacial score (nSPS) is 19.7. The van der Waals surface area contributed by atoms with Gasteiger partial charge in [-0.1, -0.05) is 0 Å². The maximum absolute atomic E-state index is 12.2. The van der Waals surface area contributed by atoms with E-state index in [0.29, 0.717) is 13.1 Å². The molecule has 8 heteroatoms. The molecule has 1 aliphatic rings. The van der Waals surface area contributed by atoms with Gasteiger partial charge in [-0.05, 0) is 13.8 Å². The topological polar surface area (TPSA) is 110 Å². The molecule has 8 nitrogen and oxygen atoms in total. The fraction of sp³-hybridized carbons (Fsp3) is 0.750. The number of carbonyl (C=O) groups excluding carboxylic acids is 2. The van der Waals surface area contributed by atoms with Crippen molar-refractivity contribution >= 4 is 17.9 Å². The molecule has 1 fully saturated rings. The Balaban J connectivity index is 2.81. The van der Waals surface area contributed by atoms with Crippen molar-refractivity contribution in [2.24, 2.45) is 0 Å². The van der Waals surface area contributed by atoms with Gasteiger partial charge in [0.05, 0.1) is 0 Å². The van der Waals surface area contributed by atoms with E-state index in [1.165, 1.54) is 9.80 Å². The number of likely N-dealkylation sites (N-methyl/N-ethyl adjacent to an activating group) is 1. The lowest BCUT2D eigenvalue weighted by Gasteiger charge is -2.44. The Bertz CT molecular complexity index is 410. The van der Waals surface area contributed by atoms with Crippen molar-refractivity contribution in [3.63, 3.8) is 0 Å². The number of aliphatic hydroxyl groups is 1. The second-order valence-corrected chi connectivity index (χ2v) is 5.29. The lowest BCUT2D eigenvalue weighted by Crippen LogP contribution is -2.66. The molecule has 3 N–H and O–H groups in total. The molecule has 1 atom stereocenters. The van der Waals surface area contributed by atoms with Crippen LogP contribution >= 0.6 is 0 Å². The first-order chi connectivity index (χ1) is 9.21. The summed E-state index contributed by atoms with van der Waals surface area (Å²) in [5.41, 5.74) is -1.03. The number of hydrogen-bond acceptors (Lipinski definition) is 4. The second kappa shape index (κ2) is 6.08. The zero-order chi connectivity index (χ0) is 15.5. The maximum atomic E-state index is 12.2. The van der Waals surface area contributed by atoms with Crippen LogP contribution in [0.2, 0.25) is 0 Å². The molecule has 1 aliphatic heterocycles. The molecule has 0 aromatic rings. The van der Waals surface area contributed by atoms with Gasteiger partial charge < -0.3 is 25.3 Å². The number of rotatable bonds is 4. The summed E-state index contributed by atoms with van der Waals surface area (Å²) in [4.78, 5) is 38.0. The summed E-state index contributed by atoms with van der Waals surface area (Å²) < 4.78 is 0. The predicted octanol–water partition coefficient (Wildman–Crippen LogP) is -0.916. The van der Waals surface area contributed by atoms with Crippen LogP contribution in [0.4, 0.5) is 4.79 Å². The minimum Gasteiger partial charge on any atom is -0.480 e. The van der Waals surface area contributed by atoms with Crippen LogP contribution in [0.1, 0.15) is 20.3 Å². The van der Waals surface area contributed by atoms with Crippen LogP contribution in [-0.2, 0) is 9.59 Å². The van der Waals surface area contributed by atoms with Gasteiger partial charge in [0, 0.05) is 33.2 Å². The smallest absolute Gasteiger partial charge is 0.326 e. The van der Waals surface area contributed by atoms with E-state index in [9.17, 15) is 14.4 Å². The van der Waals surface area contributed by atoms with Crippen molar-refractivity contribution < 1.29 is 24.6 Å². The van der Waals surface area contributed by atoms with Crippen molar-refractivity contribution in [2.75, 3.05) is 26.7 Å². The third-order valence-electron chi connectivity index (χ3n) is 3.46. The number of aliphatic hydroxyl groups excluding tert-OH is 1. The van der Waals surface area contributed by atoms with Crippen molar-refractivity contribution in [3.05, 3.63) is 0 Å². The average Bonchev–Trinajstić information content (AvgIpc) is 2.35. The van der Waals surface area contributed by atoms with E-state index in [1.807, 2.05) is 0 Å². The van der Waals surface area contributed by atoms with Gasteiger partial charge in [-0.15, -0.1) is 0 Å². The van der Waals surface area contributed by atoms with E-state index in [4.69, 9.17) is 10.2 Å². The van der Waals surface area contributed by atoms with Crippen molar-refractivity contribution in [1.29, 1.82) is 0 Å². The highest BCUT2D eigenvalue weighted by molar-refractivity contribution is 5.92. The molecule has 0 radical (unpaired) electrons. The summed E-state index contributed by atoms with van der Waals surface area (Å²) in [6, 6.07) is -1.78. The quantitative estimate of drug-likeness (QED) is 0.619. The van der Waals surface area contributed by atoms with Gasteiger partial charge in [-0.3, -0.25) is 4.79 Å². The van der Waals surface area contributed by atoms with Crippen molar-refractivity contribution in [2.45, 2.75) is 31.8 Å². The number of urea groups is 1. The van der Waals surface area contributed by atoms with Crippen molar-refractivity contribution in [3.8, 4) is 0 Å². The Morgan fingerprint density at radius 2 is 2.00 bits per heavy atom. The highest BCUT2D eigenvalue weighted by Crippen LogP contribution is 2.21. The van der Waals surface area contributed by atoms with Gasteiger partial charge in [-0.25, -0.2) is 9.59 Å². The Kier molecular flexibility index (Phi) is 4.93. The van der Waals surface area contributed by atoms with E-state index in [1.54, 1.807) is 20.9 Å². The molecule has 1 saturated heterocycles. The van der Waals surface area contributed by atoms with Gasteiger partial charge in [-0.2, -0.15) is 0 Å². The third kappa shape index (κ3) is 3.19. The molecule has 0 aromatic heterocycles. The van der Waals surface area contributed by atoms with E-state index in [0.717, 1.165) is 0 Å². The SMILES string of the molecule is CN1CCN(C(=O)N[C@H](CCO)C(=O)O)C(C)(C)C1=O. The number of carboxylic acid groups (broad SMARTS) is 1. The number of carboxylic acids is 1. The van der Waals surface area contributed by atoms with E-state index in [-0.39, 0.29) is 18.9 Å². The number of amides is 3. The molecule has 0 aliphatic carbocycles. The van der Waals surface area contributed by atoms with Gasteiger partial charge in [0.25, 0.3) is 0 Å². The van der Waals surface area contributed by atoms with Crippen LogP contribution in [0.5, 0.6) is 0 Å². The van der Waals surface area contributed by atoms with Gasteiger partial charge in [0.15, 0.2) is 0 Å². The largest absolute Gasteiger partial charge is 0.480 e. The molecule has 0 saturated carbocycles. The summed E-state index contributed by atoms with van der Waals surface area (Å²) in [5.74, 6) is -1.42. The van der Waals surface area contributed by atoms with Crippen LogP contribution in [0, 0.1) is 0 Å². The number of carbonyl (C=O) groups is 3. The molecule has 0 bridgehead atoms. The monoisotopic (exact) mass is 287 g/mol. The molecule has 0 unspecified atom stereocenters. The van der Waals surface area contributed by atoms with Crippen LogP contribution in [0.15, 0.2) is 0 Å². The highest BCUT2D eigenvalue weighted by Gasteiger charge is 2.43. The number of nitrogens with one attached hydrogen (secondary N) is 1. The fourth-order valence-corrected chi connectivity index (χ4v) is 2.18. The van der Waals surface area contributed by atoms with Crippen LogP contribution < -0.4 is 5.32 Å². The predicted molar refractivity (Wildman–Crippen MR) is 70.1 cm³/mol. The molecular weight excluding hydrogens is 266 g/mol. The van der Waals surface area contributed by atoms with Gasteiger partial charge in [0.2, 0.25) is 5.91 Å². The van der Waals surface area contributed by atoms with Gasteiger partial charge >= 0.3 is 12.0 Å². The first-order valence-corrected chi connectivity index (χ1v) is 6.39. The molecule has 20 heavy (non-hydrogen) atoms. The maximum Gasteiger partial charge on any atom is 0.326 e. The first kappa shape index (κ1) is 16.2. The minimum absolute atomic E-state index is 0.0802. The van der Waals surface area contributed by atoms with Crippen molar-refractivity contribution in [1.82, 2.24) is 15.1 Å².